The van der Waals surface area contributed by atoms with Crippen molar-refractivity contribution in [3.8, 4) is 11.4 Å². The van der Waals surface area contributed by atoms with Gasteiger partial charge in [0, 0.05) is 11.4 Å². The molecule has 4 rings (SSSR count). The Kier molecular flexibility index (Phi) is 5.78. The fourth-order valence-corrected chi connectivity index (χ4v) is 4.30. The van der Waals surface area contributed by atoms with E-state index in [0.29, 0.717) is 0 Å². The van der Waals surface area contributed by atoms with E-state index in [1.165, 1.54) is 69.2 Å². The number of aromatic nitrogens is 2. The van der Waals surface area contributed by atoms with Gasteiger partial charge in [-0.1, -0.05) is 31.1 Å². The van der Waals surface area contributed by atoms with E-state index in [1.54, 1.807) is 11.1 Å². The molecule has 1 aliphatic carbocycles. The highest BCUT2D eigenvalue weighted by Gasteiger charge is 2.16. The molecule has 0 unspecified atom stereocenters. The van der Waals surface area contributed by atoms with Crippen molar-refractivity contribution in [1.82, 2.24) is 9.97 Å². The molecule has 0 N–H and O–H groups in total. The van der Waals surface area contributed by atoms with Gasteiger partial charge in [-0.05, 0) is 93.5 Å². The van der Waals surface area contributed by atoms with Gasteiger partial charge < -0.3 is 0 Å². The summed E-state index contributed by atoms with van der Waals surface area (Å²) >= 11 is 0. The molecular formula is C24H30N2. The molecule has 2 aromatic heterocycles. The Labute approximate surface area is 157 Å². The first kappa shape index (κ1) is 17.5. The average Bonchev–Trinajstić information content (AvgIpc) is 2.64. The predicted molar refractivity (Wildman–Crippen MR) is 108 cm³/mol. The van der Waals surface area contributed by atoms with Crippen molar-refractivity contribution in [2.45, 2.75) is 77.0 Å². The minimum absolute atomic E-state index is 1.05. The minimum Gasteiger partial charge on any atom is -0.251 e. The topological polar surface area (TPSA) is 25.8 Å². The van der Waals surface area contributed by atoms with Crippen LogP contribution in [-0.2, 0) is 25.7 Å². The Morgan fingerprint density at radius 3 is 2.35 bits per heavy atom. The number of pyridine rings is 2. The summed E-state index contributed by atoms with van der Waals surface area (Å²) in [5.41, 5.74) is 7.79. The first-order chi connectivity index (χ1) is 12.9. The molecule has 0 spiro atoms. The molecule has 26 heavy (non-hydrogen) atoms. The summed E-state index contributed by atoms with van der Waals surface area (Å²) in [7, 11) is 0. The molecule has 2 aliphatic rings. The third-order valence-electron chi connectivity index (χ3n) is 5.75. The van der Waals surface area contributed by atoms with Crippen LogP contribution < -0.4 is 0 Å². The number of hydrogen-bond acceptors (Lipinski definition) is 2. The van der Waals surface area contributed by atoms with Gasteiger partial charge in [0.1, 0.15) is 0 Å². The van der Waals surface area contributed by atoms with E-state index in [2.05, 4.69) is 36.4 Å². The molecule has 3 heterocycles. The monoisotopic (exact) mass is 346 g/mol. The Bertz CT molecular complexity index is 776. The molecule has 2 heteroatoms. The molecular weight excluding hydrogens is 316 g/mol. The molecule has 0 aromatic carbocycles. The van der Waals surface area contributed by atoms with Gasteiger partial charge in [-0.15, -0.1) is 0 Å². The van der Waals surface area contributed by atoms with E-state index in [4.69, 9.17) is 9.97 Å². The van der Waals surface area contributed by atoms with E-state index < -0.39 is 0 Å². The zero-order valence-electron chi connectivity index (χ0n) is 15.8. The molecule has 2 nitrogen and oxygen atoms in total. The van der Waals surface area contributed by atoms with Crippen molar-refractivity contribution >= 4 is 0 Å². The number of rotatable bonds is 0. The molecule has 0 fully saturated rings. The standard InChI is InChI=1S/C24H30N2/c1-2-4-10-16-22-21-15-9-6-5-7-12-19(21)18-24(26-22)23-17-11-14-20(25-23)13-8-3-1/h1-2,11,14,17-18H,3-10,12-13,15-16H2/b2-1-. The number of aryl methyl sites for hydroxylation is 3. The second-order valence-corrected chi connectivity index (χ2v) is 7.78. The van der Waals surface area contributed by atoms with Crippen LogP contribution in [0.15, 0.2) is 36.4 Å². The lowest BCUT2D eigenvalue weighted by Gasteiger charge is -2.19. The van der Waals surface area contributed by atoms with Gasteiger partial charge in [-0.25, -0.2) is 0 Å². The molecule has 0 saturated heterocycles. The number of fused-ring (bicyclic) bond motifs is 7. The highest BCUT2D eigenvalue weighted by molar-refractivity contribution is 5.57. The first-order valence-corrected chi connectivity index (χ1v) is 10.5. The maximum atomic E-state index is 5.13. The normalized spacial score (nSPS) is 19.5. The van der Waals surface area contributed by atoms with Crippen LogP contribution in [0.25, 0.3) is 11.4 Å². The van der Waals surface area contributed by atoms with Gasteiger partial charge in [-0.2, -0.15) is 0 Å². The van der Waals surface area contributed by atoms with Gasteiger partial charge in [0.2, 0.25) is 0 Å². The second kappa shape index (κ2) is 8.62. The van der Waals surface area contributed by atoms with Gasteiger partial charge in [0.25, 0.3) is 0 Å². The third kappa shape index (κ3) is 4.23. The summed E-state index contributed by atoms with van der Waals surface area (Å²) in [5.74, 6) is 0. The molecule has 0 radical (unpaired) electrons. The van der Waals surface area contributed by atoms with Crippen LogP contribution in [0, 0.1) is 0 Å². The Hall–Kier alpha value is -1.96. The zero-order valence-corrected chi connectivity index (χ0v) is 15.8. The predicted octanol–water partition coefficient (Wildman–Crippen LogP) is 6.02. The van der Waals surface area contributed by atoms with E-state index >= 15 is 0 Å². The van der Waals surface area contributed by atoms with E-state index in [-0.39, 0.29) is 0 Å². The molecule has 136 valence electrons. The highest BCUT2D eigenvalue weighted by atomic mass is 14.8. The third-order valence-corrected chi connectivity index (χ3v) is 5.75. The van der Waals surface area contributed by atoms with Crippen LogP contribution in [0.4, 0.5) is 0 Å². The molecule has 0 amide bonds. The summed E-state index contributed by atoms with van der Waals surface area (Å²) in [6.45, 7) is 0. The van der Waals surface area contributed by atoms with Crippen molar-refractivity contribution < 1.29 is 0 Å². The number of nitrogens with zero attached hydrogens (tertiary/aromatic N) is 2. The van der Waals surface area contributed by atoms with Gasteiger partial charge in [0.05, 0.1) is 11.4 Å². The number of allylic oxidation sites excluding steroid dienone is 2. The fourth-order valence-electron chi connectivity index (χ4n) is 4.30. The van der Waals surface area contributed by atoms with Crippen molar-refractivity contribution in [2.75, 3.05) is 0 Å². The van der Waals surface area contributed by atoms with Gasteiger partial charge >= 0.3 is 0 Å². The Morgan fingerprint density at radius 2 is 1.46 bits per heavy atom. The van der Waals surface area contributed by atoms with Crippen molar-refractivity contribution in [1.29, 1.82) is 0 Å². The Balaban J connectivity index is 1.77. The average molecular weight is 347 g/mol. The summed E-state index contributed by atoms with van der Waals surface area (Å²) in [6.07, 6.45) is 19.3. The van der Waals surface area contributed by atoms with Crippen LogP contribution >= 0.6 is 0 Å². The van der Waals surface area contributed by atoms with E-state index in [9.17, 15) is 0 Å². The summed E-state index contributed by atoms with van der Waals surface area (Å²) in [6, 6.07) is 8.80. The van der Waals surface area contributed by atoms with Crippen molar-refractivity contribution in [2.24, 2.45) is 0 Å². The fraction of sp³-hybridized carbons (Fsp3) is 0.500. The molecule has 1 aliphatic heterocycles. The Morgan fingerprint density at radius 1 is 0.654 bits per heavy atom. The SMILES string of the molecule is C1=C\CCCc2nc(cc3c2CCCCCC3)-c2cccc(n2)CCC/1. The zero-order chi connectivity index (χ0) is 17.6. The first-order valence-electron chi connectivity index (χ1n) is 10.5. The number of hydrogen-bond donors (Lipinski definition) is 0. The maximum Gasteiger partial charge on any atom is 0.0892 e. The van der Waals surface area contributed by atoms with Crippen LogP contribution in [0.1, 0.15) is 73.9 Å². The van der Waals surface area contributed by atoms with Crippen molar-refractivity contribution in [3.05, 3.63) is 58.9 Å². The van der Waals surface area contributed by atoms with Gasteiger partial charge in [-0.3, -0.25) is 9.97 Å². The van der Waals surface area contributed by atoms with Crippen LogP contribution in [0.5, 0.6) is 0 Å². The highest BCUT2D eigenvalue weighted by Crippen LogP contribution is 2.28. The van der Waals surface area contributed by atoms with E-state index in [1.807, 2.05) is 0 Å². The van der Waals surface area contributed by atoms with E-state index in [0.717, 1.165) is 30.7 Å². The molecule has 4 bridgehead atoms. The van der Waals surface area contributed by atoms with Crippen LogP contribution in [-0.4, -0.2) is 9.97 Å². The maximum absolute atomic E-state index is 5.13. The van der Waals surface area contributed by atoms with Gasteiger partial charge in [0.15, 0.2) is 0 Å². The summed E-state index contributed by atoms with van der Waals surface area (Å²) < 4.78 is 0. The summed E-state index contributed by atoms with van der Waals surface area (Å²) in [4.78, 5) is 10.1. The smallest absolute Gasteiger partial charge is 0.0892 e. The molecule has 0 saturated carbocycles. The lowest BCUT2D eigenvalue weighted by molar-refractivity contribution is 0.610. The molecule has 2 aromatic rings. The molecule has 0 atom stereocenters. The van der Waals surface area contributed by atoms with Crippen LogP contribution in [0.2, 0.25) is 0 Å². The summed E-state index contributed by atoms with van der Waals surface area (Å²) in [5, 5.41) is 0. The lowest BCUT2D eigenvalue weighted by atomic mass is 9.90. The van der Waals surface area contributed by atoms with Crippen molar-refractivity contribution in [3.63, 3.8) is 0 Å². The minimum atomic E-state index is 1.05. The quantitative estimate of drug-likeness (QED) is 0.545. The largest absolute Gasteiger partial charge is 0.251 e. The lowest BCUT2D eigenvalue weighted by Crippen LogP contribution is -2.08. The second-order valence-electron chi connectivity index (χ2n) is 7.78. The van der Waals surface area contributed by atoms with Crippen LogP contribution in [0.3, 0.4) is 0 Å².